The van der Waals surface area contributed by atoms with Gasteiger partial charge in [-0.1, -0.05) is 6.07 Å². The third kappa shape index (κ3) is 8.67. The smallest absolute Gasteiger partial charge is 0.224 e. The fourth-order valence-electron chi connectivity index (χ4n) is 3.31. The minimum atomic E-state index is -0.0542. The molecule has 2 N–H and O–H groups in total. The Kier molecular flexibility index (Phi) is 11.8. The molecule has 2 rings (SSSR count). The van der Waals surface area contributed by atoms with E-state index in [4.69, 9.17) is 9.47 Å². The third-order valence-corrected chi connectivity index (χ3v) is 4.91. The predicted molar refractivity (Wildman–Crippen MR) is 128 cm³/mol. The first-order chi connectivity index (χ1) is 13.5. The lowest BCUT2D eigenvalue weighted by Crippen LogP contribution is -2.45. The van der Waals surface area contributed by atoms with Crippen LogP contribution in [-0.2, 0) is 4.79 Å². The molecule has 1 fully saturated rings. The molecule has 0 aliphatic carbocycles. The molecular formula is C21H35IN4O3. The summed E-state index contributed by atoms with van der Waals surface area (Å²) in [6.45, 7) is 6.16. The van der Waals surface area contributed by atoms with E-state index in [9.17, 15) is 4.79 Å². The molecule has 0 radical (unpaired) electrons. The highest BCUT2D eigenvalue weighted by Crippen LogP contribution is 2.20. The Hall–Kier alpha value is -1.71. The van der Waals surface area contributed by atoms with Crippen LogP contribution < -0.4 is 20.1 Å². The van der Waals surface area contributed by atoms with Gasteiger partial charge in [0.05, 0.1) is 13.7 Å². The molecule has 2 atom stereocenters. The van der Waals surface area contributed by atoms with E-state index in [2.05, 4.69) is 22.5 Å². The Morgan fingerprint density at radius 3 is 2.76 bits per heavy atom. The van der Waals surface area contributed by atoms with E-state index in [1.165, 1.54) is 6.42 Å². The van der Waals surface area contributed by atoms with Crippen LogP contribution in [0.25, 0.3) is 0 Å². The van der Waals surface area contributed by atoms with Gasteiger partial charge in [0.1, 0.15) is 17.6 Å². The van der Waals surface area contributed by atoms with E-state index in [1.54, 1.807) is 14.2 Å². The maximum atomic E-state index is 12.4. The molecule has 1 aliphatic heterocycles. The zero-order chi connectivity index (χ0) is 20.4. The van der Waals surface area contributed by atoms with E-state index in [0.717, 1.165) is 30.9 Å². The lowest BCUT2D eigenvalue weighted by atomic mass is 10.0. The van der Waals surface area contributed by atoms with Crippen LogP contribution in [-0.4, -0.2) is 62.7 Å². The Bertz CT molecular complexity index is 657. The van der Waals surface area contributed by atoms with Crippen molar-refractivity contribution in [1.29, 1.82) is 0 Å². The number of benzene rings is 1. The van der Waals surface area contributed by atoms with Crippen LogP contribution in [0.15, 0.2) is 29.3 Å². The lowest BCUT2D eigenvalue weighted by Gasteiger charge is -2.33. The highest BCUT2D eigenvalue weighted by atomic mass is 127. The van der Waals surface area contributed by atoms with Gasteiger partial charge in [-0.2, -0.15) is 0 Å². The van der Waals surface area contributed by atoms with Crippen molar-refractivity contribution in [3.63, 3.8) is 0 Å². The summed E-state index contributed by atoms with van der Waals surface area (Å²) in [6, 6.07) is 7.90. The van der Waals surface area contributed by atoms with Crippen molar-refractivity contribution in [3.8, 4) is 11.5 Å². The van der Waals surface area contributed by atoms with Crippen LogP contribution in [0, 0.1) is 0 Å². The van der Waals surface area contributed by atoms with Gasteiger partial charge in [0.15, 0.2) is 5.96 Å². The van der Waals surface area contributed by atoms with Crippen molar-refractivity contribution in [1.82, 2.24) is 15.5 Å². The van der Waals surface area contributed by atoms with Gasteiger partial charge in [-0.15, -0.1) is 24.0 Å². The maximum absolute atomic E-state index is 12.4. The summed E-state index contributed by atoms with van der Waals surface area (Å²) in [7, 11) is 3.36. The van der Waals surface area contributed by atoms with Crippen molar-refractivity contribution in [3.05, 3.63) is 24.3 Å². The molecule has 1 amide bonds. The molecule has 29 heavy (non-hydrogen) atoms. The Morgan fingerprint density at radius 1 is 1.31 bits per heavy atom. The van der Waals surface area contributed by atoms with Crippen LogP contribution in [0.1, 0.15) is 39.5 Å². The van der Waals surface area contributed by atoms with E-state index >= 15 is 0 Å². The van der Waals surface area contributed by atoms with Crippen LogP contribution in [0.2, 0.25) is 0 Å². The average molecular weight is 518 g/mol. The van der Waals surface area contributed by atoms with Crippen molar-refractivity contribution in [2.24, 2.45) is 4.99 Å². The number of likely N-dealkylation sites (tertiary alicyclic amines) is 1. The Morgan fingerprint density at radius 2 is 2.07 bits per heavy atom. The fourth-order valence-corrected chi connectivity index (χ4v) is 3.31. The first-order valence-corrected chi connectivity index (χ1v) is 10.1. The van der Waals surface area contributed by atoms with Gasteiger partial charge in [0.2, 0.25) is 5.91 Å². The number of methoxy groups -OCH3 is 1. The second-order valence-corrected chi connectivity index (χ2v) is 7.17. The molecule has 1 aromatic carbocycles. The molecular weight excluding hydrogens is 483 g/mol. The summed E-state index contributed by atoms with van der Waals surface area (Å²) in [4.78, 5) is 18.6. The molecule has 8 heteroatoms. The number of guanidine groups is 1. The van der Waals surface area contributed by atoms with E-state index in [-0.39, 0.29) is 36.0 Å². The normalized spacial score (nSPS) is 17.7. The zero-order valence-corrected chi connectivity index (χ0v) is 20.3. The summed E-state index contributed by atoms with van der Waals surface area (Å²) >= 11 is 0. The van der Waals surface area contributed by atoms with Gasteiger partial charge in [-0.05, 0) is 45.2 Å². The van der Waals surface area contributed by atoms with Gasteiger partial charge in [-0.25, -0.2) is 0 Å². The first-order valence-electron chi connectivity index (χ1n) is 10.1. The van der Waals surface area contributed by atoms with Crippen LogP contribution in [0.5, 0.6) is 11.5 Å². The number of rotatable bonds is 8. The number of hydrogen-bond acceptors (Lipinski definition) is 4. The van der Waals surface area contributed by atoms with Crippen molar-refractivity contribution in [2.75, 3.05) is 33.8 Å². The SMILES string of the molecule is CN=C(NCCC(=O)N1CCCCC1C)NCC(C)Oc1cccc(OC)c1.I. The minimum Gasteiger partial charge on any atom is -0.497 e. The standard InChI is InChI=1S/C21H34N4O3.HI/c1-16-8-5-6-13-25(16)20(26)11-12-23-21(22-3)24-15-17(2)28-19-10-7-9-18(14-19)27-4;/h7,9-10,14,16-17H,5-6,8,11-13,15H2,1-4H3,(H2,22,23,24);1H. The molecule has 1 saturated heterocycles. The molecule has 0 spiro atoms. The summed E-state index contributed by atoms with van der Waals surface area (Å²) in [5, 5.41) is 6.45. The predicted octanol–water partition coefficient (Wildman–Crippen LogP) is 3.04. The molecule has 0 saturated carbocycles. The number of hydrogen-bond donors (Lipinski definition) is 2. The molecule has 2 unspecified atom stereocenters. The van der Waals surface area contributed by atoms with Crippen LogP contribution in [0.4, 0.5) is 0 Å². The van der Waals surface area contributed by atoms with Crippen LogP contribution >= 0.6 is 24.0 Å². The molecule has 1 aromatic rings. The summed E-state index contributed by atoms with van der Waals surface area (Å²) < 4.78 is 11.1. The number of nitrogens with zero attached hydrogens (tertiary/aromatic N) is 2. The monoisotopic (exact) mass is 518 g/mol. The molecule has 0 aromatic heterocycles. The third-order valence-electron chi connectivity index (χ3n) is 4.91. The fraction of sp³-hybridized carbons (Fsp3) is 0.619. The maximum Gasteiger partial charge on any atom is 0.224 e. The first kappa shape index (κ1) is 25.3. The number of piperidine rings is 1. The van der Waals surface area contributed by atoms with Gasteiger partial charge in [0, 0.05) is 38.7 Å². The highest BCUT2D eigenvalue weighted by Gasteiger charge is 2.22. The lowest BCUT2D eigenvalue weighted by molar-refractivity contribution is -0.134. The quantitative estimate of drug-likeness (QED) is 0.315. The molecule has 1 heterocycles. The molecule has 164 valence electrons. The highest BCUT2D eigenvalue weighted by molar-refractivity contribution is 14.0. The van der Waals surface area contributed by atoms with Gasteiger partial charge >= 0.3 is 0 Å². The molecule has 1 aliphatic rings. The number of aliphatic imine (C=N–C) groups is 1. The van der Waals surface area contributed by atoms with Crippen molar-refractivity contribution < 1.29 is 14.3 Å². The zero-order valence-electron chi connectivity index (χ0n) is 17.9. The number of amides is 1. The van der Waals surface area contributed by atoms with Gasteiger partial charge < -0.3 is 25.0 Å². The number of carbonyl (C=O) groups excluding carboxylic acids is 1. The van der Waals surface area contributed by atoms with E-state index in [0.29, 0.717) is 31.5 Å². The average Bonchev–Trinajstić information content (AvgIpc) is 2.70. The number of nitrogens with one attached hydrogen (secondary N) is 2. The minimum absolute atomic E-state index is 0. The van der Waals surface area contributed by atoms with Crippen molar-refractivity contribution >= 4 is 35.8 Å². The summed E-state index contributed by atoms with van der Waals surface area (Å²) in [5.74, 6) is 2.41. The number of halogens is 1. The summed E-state index contributed by atoms with van der Waals surface area (Å²) in [6.07, 6.45) is 3.85. The van der Waals surface area contributed by atoms with E-state index < -0.39 is 0 Å². The molecule has 0 bridgehead atoms. The largest absolute Gasteiger partial charge is 0.497 e. The molecule has 7 nitrogen and oxygen atoms in total. The van der Waals surface area contributed by atoms with Crippen molar-refractivity contribution in [2.45, 2.75) is 51.7 Å². The number of carbonyl (C=O) groups is 1. The van der Waals surface area contributed by atoms with E-state index in [1.807, 2.05) is 36.1 Å². The summed E-state index contributed by atoms with van der Waals surface area (Å²) in [5.41, 5.74) is 0. The van der Waals surface area contributed by atoms with Gasteiger partial charge in [-0.3, -0.25) is 9.79 Å². The second-order valence-electron chi connectivity index (χ2n) is 7.17. The topological polar surface area (TPSA) is 75.2 Å². The number of ether oxygens (including phenoxy) is 2. The van der Waals surface area contributed by atoms with Crippen LogP contribution in [0.3, 0.4) is 0 Å². The Labute approximate surface area is 191 Å². The Balaban J connectivity index is 0.00000420. The van der Waals surface area contributed by atoms with Gasteiger partial charge in [0.25, 0.3) is 0 Å². The second kappa shape index (κ2) is 13.5.